The van der Waals surface area contributed by atoms with E-state index in [1.807, 2.05) is 22.6 Å². The Hall–Kier alpha value is -0.890. The Labute approximate surface area is 87.1 Å². The maximum atomic E-state index is 11.1. The van der Waals surface area contributed by atoms with Gasteiger partial charge in [-0.25, -0.2) is 0 Å². The summed E-state index contributed by atoms with van der Waals surface area (Å²) in [5.41, 5.74) is 4.89. The number of carbonyl (C=O) groups is 1. The SMILES string of the molecule is N[C@H](C(=O)O)c1cc(I)c[nH]c1=O. The number of hydrogen-bond acceptors (Lipinski definition) is 3. The molecule has 0 spiro atoms. The minimum Gasteiger partial charge on any atom is -0.480 e. The Balaban J connectivity index is 3.21. The molecular formula is C7H7IN2O3. The molecule has 70 valence electrons. The first-order chi connectivity index (χ1) is 6.02. The number of carboxylic acids is 1. The second-order valence-electron chi connectivity index (χ2n) is 2.42. The average Bonchev–Trinajstić information content (AvgIpc) is 2.08. The van der Waals surface area contributed by atoms with Crippen LogP contribution in [0.25, 0.3) is 0 Å². The van der Waals surface area contributed by atoms with Gasteiger partial charge in [0.15, 0.2) is 0 Å². The molecule has 1 rings (SSSR count). The summed E-state index contributed by atoms with van der Waals surface area (Å²) >= 11 is 1.96. The molecule has 0 amide bonds. The molecule has 0 aliphatic carbocycles. The molecule has 4 N–H and O–H groups in total. The lowest BCUT2D eigenvalue weighted by Gasteiger charge is -2.04. The summed E-state index contributed by atoms with van der Waals surface area (Å²) in [6.07, 6.45) is 1.49. The van der Waals surface area contributed by atoms with Crippen molar-refractivity contribution in [3.05, 3.63) is 31.8 Å². The van der Waals surface area contributed by atoms with Crippen molar-refractivity contribution in [2.75, 3.05) is 0 Å². The van der Waals surface area contributed by atoms with E-state index < -0.39 is 17.6 Å². The summed E-state index contributed by atoms with van der Waals surface area (Å²) in [7, 11) is 0. The molecule has 0 unspecified atom stereocenters. The third kappa shape index (κ3) is 2.28. The number of aromatic nitrogens is 1. The predicted molar refractivity (Wildman–Crippen MR) is 54.3 cm³/mol. The van der Waals surface area contributed by atoms with Crippen LogP contribution in [-0.4, -0.2) is 16.1 Å². The van der Waals surface area contributed by atoms with Gasteiger partial charge in [-0.3, -0.25) is 9.59 Å². The molecule has 0 aliphatic rings. The normalized spacial score (nSPS) is 12.5. The van der Waals surface area contributed by atoms with Gasteiger partial charge in [-0.15, -0.1) is 0 Å². The van der Waals surface area contributed by atoms with E-state index in [0.29, 0.717) is 0 Å². The summed E-state index contributed by atoms with van der Waals surface area (Å²) in [6.45, 7) is 0. The number of halogens is 1. The highest BCUT2D eigenvalue weighted by molar-refractivity contribution is 14.1. The van der Waals surface area contributed by atoms with Gasteiger partial charge in [-0.1, -0.05) is 0 Å². The Morgan fingerprint density at radius 3 is 2.85 bits per heavy atom. The first-order valence-corrected chi connectivity index (χ1v) is 4.46. The van der Waals surface area contributed by atoms with E-state index in [9.17, 15) is 9.59 Å². The average molecular weight is 294 g/mol. The van der Waals surface area contributed by atoms with Crippen molar-refractivity contribution in [3.63, 3.8) is 0 Å². The first-order valence-electron chi connectivity index (χ1n) is 3.39. The molecule has 0 radical (unpaired) electrons. The molecule has 5 nitrogen and oxygen atoms in total. The van der Waals surface area contributed by atoms with Crippen molar-refractivity contribution in [2.24, 2.45) is 5.73 Å². The smallest absolute Gasteiger partial charge is 0.325 e. The van der Waals surface area contributed by atoms with Gasteiger partial charge in [-0.05, 0) is 28.7 Å². The van der Waals surface area contributed by atoms with Gasteiger partial charge in [-0.2, -0.15) is 0 Å². The van der Waals surface area contributed by atoms with Crippen molar-refractivity contribution in [3.8, 4) is 0 Å². The summed E-state index contributed by atoms with van der Waals surface area (Å²) in [5.74, 6) is -1.22. The zero-order valence-corrected chi connectivity index (χ0v) is 8.61. The Kier molecular flexibility index (Phi) is 3.04. The molecule has 1 aromatic heterocycles. The molecule has 0 fully saturated rings. The molecule has 6 heteroatoms. The number of aliphatic carboxylic acids is 1. The largest absolute Gasteiger partial charge is 0.480 e. The standard InChI is InChI=1S/C7H7IN2O3/c8-3-1-4(5(9)7(12)13)6(11)10-2-3/h1-2,5H,9H2,(H,10,11)(H,12,13)/t5-/m0/s1. The van der Waals surface area contributed by atoms with Gasteiger partial charge in [0.2, 0.25) is 0 Å². The Morgan fingerprint density at radius 2 is 2.31 bits per heavy atom. The second-order valence-corrected chi connectivity index (χ2v) is 3.66. The third-order valence-corrected chi connectivity index (χ3v) is 2.12. The number of H-pyrrole nitrogens is 1. The molecule has 0 aliphatic heterocycles. The van der Waals surface area contributed by atoms with E-state index in [0.717, 1.165) is 3.57 Å². The third-order valence-electron chi connectivity index (χ3n) is 1.50. The fourth-order valence-electron chi connectivity index (χ4n) is 0.838. The van der Waals surface area contributed by atoms with E-state index in [1.54, 1.807) is 0 Å². The lowest BCUT2D eigenvalue weighted by molar-refractivity contribution is -0.138. The number of nitrogens with two attached hydrogens (primary N) is 1. The molecule has 0 aromatic carbocycles. The van der Waals surface area contributed by atoms with Crippen LogP contribution in [0, 0.1) is 3.57 Å². The van der Waals surface area contributed by atoms with Crippen LogP contribution >= 0.6 is 22.6 Å². The zero-order chi connectivity index (χ0) is 10.0. The maximum Gasteiger partial charge on any atom is 0.325 e. The van der Waals surface area contributed by atoms with Gasteiger partial charge in [0.05, 0.1) is 0 Å². The highest BCUT2D eigenvalue weighted by Gasteiger charge is 2.17. The van der Waals surface area contributed by atoms with E-state index in [-0.39, 0.29) is 5.56 Å². The number of pyridine rings is 1. The predicted octanol–water partition coefficient (Wildman–Crippen LogP) is 0.0639. The Morgan fingerprint density at radius 1 is 1.69 bits per heavy atom. The highest BCUT2D eigenvalue weighted by Crippen LogP contribution is 2.08. The monoisotopic (exact) mass is 294 g/mol. The van der Waals surface area contributed by atoms with Crippen molar-refractivity contribution < 1.29 is 9.90 Å². The minimum atomic E-state index is -1.27. The van der Waals surface area contributed by atoms with Crippen LogP contribution in [0.4, 0.5) is 0 Å². The molecule has 0 saturated heterocycles. The van der Waals surface area contributed by atoms with Gasteiger partial charge in [0.25, 0.3) is 5.56 Å². The number of carboxylic acid groups (broad SMARTS) is 1. The van der Waals surface area contributed by atoms with E-state index in [4.69, 9.17) is 10.8 Å². The molecule has 0 saturated carbocycles. The van der Waals surface area contributed by atoms with Crippen LogP contribution in [0.3, 0.4) is 0 Å². The van der Waals surface area contributed by atoms with E-state index in [1.165, 1.54) is 12.3 Å². The Bertz CT molecular complexity index is 388. The first kappa shape index (κ1) is 10.2. The number of nitrogens with one attached hydrogen (secondary N) is 1. The van der Waals surface area contributed by atoms with Crippen LogP contribution in [0.5, 0.6) is 0 Å². The lowest BCUT2D eigenvalue weighted by atomic mass is 10.1. The summed E-state index contributed by atoms with van der Waals surface area (Å²) in [6, 6.07) is 0.191. The lowest BCUT2D eigenvalue weighted by Crippen LogP contribution is -2.28. The maximum absolute atomic E-state index is 11.1. The molecule has 13 heavy (non-hydrogen) atoms. The molecule has 1 atom stereocenters. The number of rotatable bonds is 2. The zero-order valence-electron chi connectivity index (χ0n) is 6.45. The second kappa shape index (κ2) is 3.88. The van der Waals surface area contributed by atoms with E-state index in [2.05, 4.69) is 4.98 Å². The van der Waals surface area contributed by atoms with Gasteiger partial charge in [0, 0.05) is 15.3 Å². The molecule has 1 aromatic rings. The molecular weight excluding hydrogens is 287 g/mol. The number of hydrogen-bond donors (Lipinski definition) is 3. The van der Waals surface area contributed by atoms with Crippen LogP contribution in [0.2, 0.25) is 0 Å². The van der Waals surface area contributed by atoms with Crippen LogP contribution in [-0.2, 0) is 4.79 Å². The fourth-order valence-corrected chi connectivity index (χ4v) is 1.33. The summed E-state index contributed by atoms with van der Waals surface area (Å²) < 4.78 is 0.740. The summed E-state index contributed by atoms with van der Waals surface area (Å²) in [5, 5.41) is 8.57. The van der Waals surface area contributed by atoms with Crippen LogP contribution < -0.4 is 11.3 Å². The number of aromatic amines is 1. The van der Waals surface area contributed by atoms with Crippen molar-refractivity contribution in [1.82, 2.24) is 4.98 Å². The quantitative estimate of drug-likeness (QED) is 0.672. The van der Waals surface area contributed by atoms with Gasteiger partial charge < -0.3 is 15.8 Å². The van der Waals surface area contributed by atoms with Crippen molar-refractivity contribution in [1.29, 1.82) is 0 Å². The van der Waals surface area contributed by atoms with Crippen LogP contribution in [0.1, 0.15) is 11.6 Å². The topological polar surface area (TPSA) is 96.2 Å². The van der Waals surface area contributed by atoms with Crippen molar-refractivity contribution >= 4 is 28.6 Å². The van der Waals surface area contributed by atoms with E-state index >= 15 is 0 Å². The van der Waals surface area contributed by atoms with Crippen LogP contribution in [0.15, 0.2) is 17.1 Å². The van der Waals surface area contributed by atoms with Gasteiger partial charge in [0.1, 0.15) is 6.04 Å². The minimum absolute atomic E-state index is 0.0689. The van der Waals surface area contributed by atoms with Crippen molar-refractivity contribution in [2.45, 2.75) is 6.04 Å². The van der Waals surface area contributed by atoms with Gasteiger partial charge >= 0.3 is 5.97 Å². The highest BCUT2D eigenvalue weighted by atomic mass is 127. The summed E-state index contributed by atoms with van der Waals surface area (Å²) in [4.78, 5) is 24.0. The fraction of sp³-hybridized carbons (Fsp3) is 0.143. The molecule has 1 heterocycles. The molecule has 0 bridgehead atoms.